The van der Waals surface area contributed by atoms with E-state index in [-0.39, 0.29) is 37.5 Å². The number of esters is 3. The Balaban J connectivity index is 4.53. The van der Waals surface area contributed by atoms with Crippen LogP contribution in [0.5, 0.6) is 0 Å². The van der Waals surface area contributed by atoms with E-state index < -0.39 is 6.10 Å². The minimum atomic E-state index is -0.817. The molecule has 0 fully saturated rings. The summed E-state index contributed by atoms with van der Waals surface area (Å²) in [4.78, 5) is 38.2. The molecule has 0 saturated carbocycles. The summed E-state index contributed by atoms with van der Waals surface area (Å²) in [6.45, 7) is 6.35. The van der Waals surface area contributed by atoms with Gasteiger partial charge in [0.05, 0.1) is 0 Å². The zero-order valence-electron chi connectivity index (χ0n) is 46.7. The van der Waals surface area contributed by atoms with Crippen molar-refractivity contribution in [3.8, 4) is 0 Å². The van der Waals surface area contributed by atoms with Crippen molar-refractivity contribution < 1.29 is 28.6 Å². The fourth-order valence-corrected chi connectivity index (χ4v) is 7.86. The van der Waals surface area contributed by atoms with Crippen molar-refractivity contribution in [2.45, 2.75) is 264 Å². The lowest BCUT2D eigenvalue weighted by Gasteiger charge is -2.18. The fraction of sp³-hybridized carbons (Fsp3) is 0.652. The predicted molar refractivity (Wildman–Crippen MR) is 311 cm³/mol. The van der Waals surface area contributed by atoms with E-state index in [1.54, 1.807) is 0 Å². The first-order chi connectivity index (χ1) is 35.5. The second kappa shape index (κ2) is 59.4. The number of allylic oxidation sites excluding steroid dienone is 20. The van der Waals surface area contributed by atoms with Crippen LogP contribution in [0.3, 0.4) is 0 Å². The van der Waals surface area contributed by atoms with Crippen LogP contribution in [0.1, 0.15) is 258 Å². The number of carbonyl (C=O) groups excluding carboxylic acids is 3. The summed E-state index contributed by atoms with van der Waals surface area (Å²) in [6.07, 6.45) is 82.0. The van der Waals surface area contributed by atoms with Crippen LogP contribution < -0.4 is 0 Å². The molecule has 0 aromatic rings. The Morgan fingerprint density at radius 2 is 0.556 bits per heavy atom. The minimum absolute atomic E-state index is 0.114. The molecular weight excluding hydrogens is 889 g/mol. The van der Waals surface area contributed by atoms with Gasteiger partial charge in [-0.1, -0.05) is 258 Å². The van der Waals surface area contributed by atoms with Gasteiger partial charge in [0, 0.05) is 19.3 Å². The molecule has 0 unspecified atom stereocenters. The molecule has 1 atom stereocenters. The summed E-state index contributed by atoms with van der Waals surface area (Å²) in [7, 11) is 0. The third-order valence-electron chi connectivity index (χ3n) is 12.2. The first-order valence-electron chi connectivity index (χ1n) is 29.5. The van der Waals surface area contributed by atoms with Crippen molar-refractivity contribution in [3.05, 3.63) is 122 Å². The molecule has 0 aliphatic carbocycles. The van der Waals surface area contributed by atoms with Gasteiger partial charge in [-0.15, -0.1) is 0 Å². The molecule has 0 bridgehead atoms. The molecule has 72 heavy (non-hydrogen) atoms. The van der Waals surface area contributed by atoms with Crippen LogP contribution in [0, 0.1) is 0 Å². The number of unbranched alkanes of at least 4 members (excludes halogenated alkanes) is 21. The first-order valence-corrected chi connectivity index (χ1v) is 29.5. The van der Waals surface area contributed by atoms with Gasteiger partial charge in [-0.05, 0) is 103 Å². The Bertz CT molecular complexity index is 1520. The molecule has 0 heterocycles. The second-order valence-electron chi connectivity index (χ2n) is 19.1. The van der Waals surface area contributed by atoms with Crippen molar-refractivity contribution in [2.24, 2.45) is 0 Å². The van der Waals surface area contributed by atoms with Gasteiger partial charge in [0.2, 0.25) is 0 Å². The van der Waals surface area contributed by atoms with E-state index in [0.717, 1.165) is 116 Å². The molecule has 0 aromatic heterocycles. The number of hydrogen-bond donors (Lipinski definition) is 0. The second-order valence-corrected chi connectivity index (χ2v) is 19.1. The third kappa shape index (κ3) is 56.7. The smallest absolute Gasteiger partial charge is 0.306 e. The highest BCUT2D eigenvalue weighted by atomic mass is 16.6. The molecule has 0 aromatic carbocycles. The Hall–Kier alpha value is -4.19. The number of ether oxygens (including phenoxy) is 3. The van der Waals surface area contributed by atoms with Crippen molar-refractivity contribution in [3.63, 3.8) is 0 Å². The van der Waals surface area contributed by atoms with Crippen LogP contribution in [-0.2, 0) is 28.6 Å². The van der Waals surface area contributed by atoms with Crippen LogP contribution >= 0.6 is 0 Å². The lowest BCUT2D eigenvalue weighted by molar-refractivity contribution is -0.167. The van der Waals surface area contributed by atoms with Crippen molar-refractivity contribution in [1.82, 2.24) is 0 Å². The minimum Gasteiger partial charge on any atom is -0.462 e. The zero-order valence-corrected chi connectivity index (χ0v) is 46.7. The van der Waals surface area contributed by atoms with Gasteiger partial charge < -0.3 is 14.2 Å². The highest BCUT2D eigenvalue weighted by molar-refractivity contribution is 5.71. The molecular formula is C66H108O6. The van der Waals surface area contributed by atoms with E-state index in [0.29, 0.717) is 19.3 Å². The van der Waals surface area contributed by atoms with Crippen LogP contribution in [-0.4, -0.2) is 37.2 Å². The van der Waals surface area contributed by atoms with Gasteiger partial charge in [0.1, 0.15) is 13.2 Å². The highest BCUT2D eigenvalue weighted by Crippen LogP contribution is 2.16. The Labute approximate surface area is 443 Å². The number of rotatable bonds is 52. The molecule has 6 heteroatoms. The summed E-state index contributed by atoms with van der Waals surface area (Å²) in [5, 5.41) is 0. The Kier molecular flexibility index (Phi) is 55.9. The predicted octanol–water partition coefficient (Wildman–Crippen LogP) is 20.0. The highest BCUT2D eigenvalue weighted by Gasteiger charge is 2.19. The zero-order chi connectivity index (χ0) is 52.2. The summed E-state index contributed by atoms with van der Waals surface area (Å²) in [5.41, 5.74) is 0. The van der Waals surface area contributed by atoms with Crippen LogP contribution in [0.15, 0.2) is 122 Å². The summed E-state index contributed by atoms with van der Waals surface area (Å²) in [5.74, 6) is -0.999. The summed E-state index contributed by atoms with van der Waals surface area (Å²) < 4.78 is 16.8. The maximum absolute atomic E-state index is 12.9. The number of carbonyl (C=O) groups is 3. The number of hydrogen-bond acceptors (Lipinski definition) is 6. The normalized spacial score (nSPS) is 13.0. The summed E-state index contributed by atoms with van der Waals surface area (Å²) >= 11 is 0. The van der Waals surface area contributed by atoms with Crippen molar-refractivity contribution >= 4 is 17.9 Å². The lowest BCUT2D eigenvalue weighted by atomic mass is 10.0. The molecule has 0 aliphatic heterocycles. The average Bonchev–Trinajstić information content (AvgIpc) is 3.38. The molecule has 0 radical (unpaired) electrons. The topological polar surface area (TPSA) is 78.9 Å². The largest absolute Gasteiger partial charge is 0.462 e. The standard InChI is InChI=1S/C66H108O6/c1-4-7-10-13-16-19-22-25-28-31-33-36-38-41-44-47-50-53-56-59-65(68)71-62-63(61-70-64(67)58-55-52-49-46-43-40-37-34-30-27-24-21-18-15-12-9-6-3)72-66(69)60-57-54-51-48-45-42-39-35-32-29-26-23-20-17-14-11-8-5-2/h7,9-10,12,16,18-19,21,25,27-28,30,33,36-37,40-41,44,46,49,63H,4-6,8,11,13-15,17,20,22-24,26,29,31-32,34-35,38-39,42-43,45,47-48,50-62H2,1-3H3/b10-7-,12-9-,19-16-,21-18-,28-25-,30-27-,36-33-,40-37-,44-41-,49-46-/t63-/m1/s1. The maximum Gasteiger partial charge on any atom is 0.306 e. The van der Waals surface area contributed by atoms with E-state index in [1.165, 1.54) is 96.3 Å². The van der Waals surface area contributed by atoms with E-state index >= 15 is 0 Å². The van der Waals surface area contributed by atoms with Crippen molar-refractivity contribution in [2.75, 3.05) is 13.2 Å². The van der Waals surface area contributed by atoms with Gasteiger partial charge in [-0.2, -0.15) is 0 Å². The van der Waals surface area contributed by atoms with Gasteiger partial charge in [0.15, 0.2) is 6.10 Å². The Morgan fingerprint density at radius 3 is 0.903 bits per heavy atom. The first kappa shape index (κ1) is 67.8. The van der Waals surface area contributed by atoms with E-state index in [9.17, 15) is 14.4 Å². The van der Waals surface area contributed by atoms with Gasteiger partial charge >= 0.3 is 17.9 Å². The molecule has 0 spiro atoms. The van der Waals surface area contributed by atoms with Crippen LogP contribution in [0.4, 0.5) is 0 Å². The molecule has 6 nitrogen and oxygen atoms in total. The molecule has 408 valence electrons. The lowest BCUT2D eigenvalue weighted by Crippen LogP contribution is -2.30. The van der Waals surface area contributed by atoms with E-state index in [4.69, 9.17) is 14.2 Å². The molecule has 0 amide bonds. The van der Waals surface area contributed by atoms with Gasteiger partial charge in [0.25, 0.3) is 0 Å². The van der Waals surface area contributed by atoms with Gasteiger partial charge in [-0.3, -0.25) is 14.4 Å². The Morgan fingerprint density at radius 1 is 0.292 bits per heavy atom. The van der Waals surface area contributed by atoms with Crippen LogP contribution in [0.25, 0.3) is 0 Å². The molecule has 0 N–H and O–H groups in total. The fourth-order valence-electron chi connectivity index (χ4n) is 7.86. The van der Waals surface area contributed by atoms with Gasteiger partial charge in [-0.25, -0.2) is 0 Å². The average molecular weight is 998 g/mol. The monoisotopic (exact) mass is 997 g/mol. The molecule has 0 aliphatic rings. The summed E-state index contributed by atoms with van der Waals surface area (Å²) in [6, 6.07) is 0. The van der Waals surface area contributed by atoms with E-state index in [2.05, 4.69) is 142 Å². The maximum atomic E-state index is 12.9. The third-order valence-corrected chi connectivity index (χ3v) is 12.2. The van der Waals surface area contributed by atoms with E-state index in [1.807, 2.05) is 0 Å². The molecule has 0 rings (SSSR count). The van der Waals surface area contributed by atoms with Crippen molar-refractivity contribution in [1.29, 1.82) is 0 Å². The van der Waals surface area contributed by atoms with Crippen LogP contribution in [0.2, 0.25) is 0 Å². The molecule has 0 saturated heterocycles. The quantitative estimate of drug-likeness (QED) is 0.0261. The SMILES string of the molecule is CC/C=C\C/C=C\C/C=C\C/C=C\C/C=C\CCCCCC(=O)OC[C@@H](COC(=O)CCC/C=C\C/C=C\C/C=C\C/C=C\C/C=C\CC)OC(=O)CCCCCCCCCCCCCCCCCCCC.